The average molecular weight is 344 g/mol. The lowest BCUT2D eigenvalue weighted by Gasteiger charge is -2.05. The van der Waals surface area contributed by atoms with Crippen LogP contribution in [0.1, 0.15) is 16.2 Å². The van der Waals surface area contributed by atoms with Gasteiger partial charge in [-0.2, -0.15) is 0 Å². The molecule has 3 aromatic rings. The summed E-state index contributed by atoms with van der Waals surface area (Å²) in [5, 5.41) is 10.9. The van der Waals surface area contributed by atoms with E-state index < -0.39 is 5.91 Å². The molecule has 0 unspecified atom stereocenters. The SMILES string of the molecule is COc1cccc(CNC(=O)c2nnc(-c3cccc(Cl)c3)o2)c1. The zero-order valence-electron chi connectivity index (χ0n) is 12.8. The van der Waals surface area contributed by atoms with E-state index in [9.17, 15) is 4.79 Å². The van der Waals surface area contributed by atoms with Crippen LogP contribution in [0.2, 0.25) is 5.02 Å². The molecule has 2 aromatic carbocycles. The molecule has 122 valence electrons. The fraction of sp³-hybridized carbons (Fsp3) is 0.118. The van der Waals surface area contributed by atoms with E-state index in [2.05, 4.69) is 15.5 Å². The molecule has 1 amide bonds. The van der Waals surface area contributed by atoms with Gasteiger partial charge in [-0.3, -0.25) is 4.79 Å². The van der Waals surface area contributed by atoms with Crippen molar-refractivity contribution in [2.24, 2.45) is 0 Å². The first-order chi connectivity index (χ1) is 11.7. The number of carbonyl (C=O) groups is 1. The van der Waals surface area contributed by atoms with E-state index >= 15 is 0 Å². The van der Waals surface area contributed by atoms with Crippen LogP contribution in [-0.2, 0) is 6.54 Å². The second kappa shape index (κ2) is 7.14. The van der Waals surface area contributed by atoms with Gasteiger partial charge in [0, 0.05) is 17.1 Å². The summed E-state index contributed by atoms with van der Waals surface area (Å²) in [6, 6.07) is 14.4. The number of ether oxygens (including phenoxy) is 1. The van der Waals surface area contributed by atoms with Crippen molar-refractivity contribution in [3.8, 4) is 17.2 Å². The Morgan fingerprint density at radius 1 is 1.21 bits per heavy atom. The van der Waals surface area contributed by atoms with Crippen molar-refractivity contribution in [2.45, 2.75) is 6.54 Å². The molecule has 0 spiro atoms. The van der Waals surface area contributed by atoms with Crippen molar-refractivity contribution in [1.82, 2.24) is 15.5 Å². The van der Waals surface area contributed by atoms with E-state index in [1.165, 1.54) is 0 Å². The smallest absolute Gasteiger partial charge is 0.309 e. The average Bonchev–Trinajstić information content (AvgIpc) is 3.10. The third kappa shape index (κ3) is 3.72. The molecule has 0 bridgehead atoms. The maximum Gasteiger partial charge on any atom is 0.309 e. The monoisotopic (exact) mass is 343 g/mol. The number of hydrogen-bond acceptors (Lipinski definition) is 5. The lowest BCUT2D eigenvalue weighted by molar-refractivity contribution is 0.0917. The van der Waals surface area contributed by atoms with Crippen LogP contribution in [0.15, 0.2) is 52.9 Å². The van der Waals surface area contributed by atoms with Gasteiger partial charge in [0.1, 0.15) is 5.75 Å². The molecular weight excluding hydrogens is 330 g/mol. The van der Waals surface area contributed by atoms with E-state index in [0.29, 0.717) is 17.1 Å². The minimum Gasteiger partial charge on any atom is -0.497 e. The van der Waals surface area contributed by atoms with Gasteiger partial charge in [0.15, 0.2) is 0 Å². The van der Waals surface area contributed by atoms with Crippen LogP contribution in [0.25, 0.3) is 11.5 Å². The van der Waals surface area contributed by atoms with Crippen LogP contribution < -0.4 is 10.1 Å². The molecule has 1 N–H and O–H groups in total. The summed E-state index contributed by atoms with van der Waals surface area (Å²) >= 11 is 5.93. The zero-order valence-corrected chi connectivity index (χ0v) is 13.6. The number of aromatic nitrogens is 2. The third-order valence-electron chi connectivity index (χ3n) is 3.28. The standard InChI is InChI=1S/C17H14ClN3O3/c1-23-14-7-2-4-11(8-14)10-19-15(22)17-21-20-16(24-17)12-5-3-6-13(18)9-12/h2-9H,10H2,1H3,(H,19,22). The number of rotatable bonds is 5. The Balaban J connectivity index is 1.67. The summed E-state index contributed by atoms with van der Waals surface area (Å²) in [6.45, 7) is 0.324. The van der Waals surface area contributed by atoms with E-state index in [1.54, 1.807) is 31.4 Å². The summed E-state index contributed by atoms with van der Waals surface area (Å²) in [7, 11) is 1.59. The molecule has 0 aliphatic heterocycles. The number of methoxy groups -OCH3 is 1. The predicted molar refractivity (Wildman–Crippen MR) is 88.9 cm³/mol. The molecule has 0 aliphatic carbocycles. The van der Waals surface area contributed by atoms with Gasteiger partial charge in [0.05, 0.1) is 7.11 Å². The molecule has 3 rings (SSSR count). The number of nitrogens with zero attached hydrogens (tertiary/aromatic N) is 2. The van der Waals surface area contributed by atoms with Gasteiger partial charge in [-0.1, -0.05) is 29.8 Å². The Bertz CT molecular complexity index is 864. The predicted octanol–water partition coefficient (Wildman–Crippen LogP) is 3.33. The third-order valence-corrected chi connectivity index (χ3v) is 3.51. The molecule has 24 heavy (non-hydrogen) atoms. The van der Waals surface area contributed by atoms with Gasteiger partial charge in [-0.25, -0.2) is 0 Å². The highest BCUT2D eigenvalue weighted by molar-refractivity contribution is 6.30. The Morgan fingerprint density at radius 3 is 2.83 bits per heavy atom. The van der Waals surface area contributed by atoms with Crippen LogP contribution in [0.5, 0.6) is 5.75 Å². The van der Waals surface area contributed by atoms with E-state index in [0.717, 1.165) is 11.3 Å². The normalized spacial score (nSPS) is 10.4. The molecule has 0 saturated heterocycles. The van der Waals surface area contributed by atoms with E-state index in [4.69, 9.17) is 20.8 Å². The first-order valence-electron chi connectivity index (χ1n) is 7.16. The minimum absolute atomic E-state index is 0.104. The Kier molecular flexibility index (Phi) is 4.77. The largest absolute Gasteiger partial charge is 0.497 e. The molecular formula is C17H14ClN3O3. The van der Waals surface area contributed by atoms with Crippen molar-refractivity contribution in [1.29, 1.82) is 0 Å². The fourth-order valence-electron chi connectivity index (χ4n) is 2.09. The molecule has 6 nitrogen and oxygen atoms in total. The number of halogens is 1. The fourth-order valence-corrected chi connectivity index (χ4v) is 2.28. The zero-order chi connectivity index (χ0) is 16.9. The second-order valence-corrected chi connectivity index (χ2v) is 5.39. The van der Waals surface area contributed by atoms with E-state index in [1.807, 2.05) is 24.3 Å². The summed E-state index contributed by atoms with van der Waals surface area (Å²) < 4.78 is 10.5. The summed E-state index contributed by atoms with van der Waals surface area (Å²) in [6.07, 6.45) is 0. The number of amides is 1. The highest BCUT2D eigenvalue weighted by Gasteiger charge is 2.15. The number of hydrogen-bond donors (Lipinski definition) is 1. The first kappa shape index (κ1) is 16.0. The molecule has 0 saturated carbocycles. The summed E-state index contributed by atoms with van der Waals surface area (Å²) in [5.74, 6) is 0.415. The highest BCUT2D eigenvalue weighted by Crippen LogP contribution is 2.21. The quantitative estimate of drug-likeness (QED) is 0.768. The second-order valence-electron chi connectivity index (χ2n) is 4.96. The Hall–Kier alpha value is -2.86. The molecule has 0 aliphatic rings. The number of carbonyl (C=O) groups excluding carboxylic acids is 1. The van der Waals surface area contributed by atoms with Crippen molar-refractivity contribution >= 4 is 17.5 Å². The molecule has 7 heteroatoms. The van der Waals surface area contributed by atoms with Gasteiger partial charge in [-0.05, 0) is 35.9 Å². The number of nitrogens with one attached hydrogen (secondary N) is 1. The maximum atomic E-state index is 12.1. The van der Waals surface area contributed by atoms with Gasteiger partial charge < -0.3 is 14.5 Å². The van der Waals surface area contributed by atoms with Crippen LogP contribution in [0.3, 0.4) is 0 Å². The molecule has 1 aromatic heterocycles. The van der Waals surface area contributed by atoms with Gasteiger partial charge in [0.2, 0.25) is 5.89 Å². The van der Waals surface area contributed by atoms with Crippen molar-refractivity contribution in [3.63, 3.8) is 0 Å². The molecule has 0 fully saturated rings. The van der Waals surface area contributed by atoms with Crippen LogP contribution in [0.4, 0.5) is 0 Å². The maximum absolute atomic E-state index is 12.1. The van der Waals surface area contributed by atoms with Crippen molar-refractivity contribution < 1.29 is 13.9 Å². The lowest BCUT2D eigenvalue weighted by Crippen LogP contribution is -2.23. The van der Waals surface area contributed by atoms with Crippen molar-refractivity contribution in [2.75, 3.05) is 7.11 Å². The minimum atomic E-state index is -0.446. The van der Waals surface area contributed by atoms with Gasteiger partial charge in [0.25, 0.3) is 0 Å². The number of benzene rings is 2. The lowest BCUT2D eigenvalue weighted by atomic mass is 10.2. The summed E-state index contributed by atoms with van der Waals surface area (Å²) in [4.78, 5) is 12.1. The molecule has 0 atom stereocenters. The topological polar surface area (TPSA) is 77.2 Å². The Labute approximate surface area is 143 Å². The van der Waals surface area contributed by atoms with Crippen LogP contribution >= 0.6 is 11.6 Å². The van der Waals surface area contributed by atoms with Gasteiger partial charge in [-0.15, -0.1) is 10.2 Å². The van der Waals surface area contributed by atoms with Crippen LogP contribution in [0, 0.1) is 0 Å². The molecule has 0 radical (unpaired) electrons. The Morgan fingerprint density at radius 2 is 2.04 bits per heavy atom. The molecule has 1 heterocycles. The van der Waals surface area contributed by atoms with Crippen molar-refractivity contribution in [3.05, 3.63) is 65.0 Å². The highest BCUT2D eigenvalue weighted by atomic mass is 35.5. The first-order valence-corrected chi connectivity index (χ1v) is 7.54. The van der Waals surface area contributed by atoms with E-state index in [-0.39, 0.29) is 11.8 Å². The summed E-state index contributed by atoms with van der Waals surface area (Å²) in [5.41, 5.74) is 1.55. The van der Waals surface area contributed by atoms with Crippen LogP contribution in [-0.4, -0.2) is 23.2 Å². The van der Waals surface area contributed by atoms with Gasteiger partial charge >= 0.3 is 11.8 Å².